The van der Waals surface area contributed by atoms with Gasteiger partial charge in [0.15, 0.2) is 0 Å². The lowest BCUT2D eigenvalue weighted by atomic mass is 10.1. The predicted octanol–water partition coefficient (Wildman–Crippen LogP) is 0.705. The van der Waals surface area contributed by atoms with Crippen LogP contribution in [0.4, 0.5) is 0 Å². The molecule has 1 aliphatic rings. The molecule has 0 spiro atoms. The zero-order chi connectivity index (χ0) is 12.7. The summed E-state index contributed by atoms with van der Waals surface area (Å²) in [6.45, 7) is 6.20. The summed E-state index contributed by atoms with van der Waals surface area (Å²) in [5.41, 5.74) is 0. The number of hydrogen-bond acceptors (Lipinski definition) is 3. The molecule has 4 nitrogen and oxygen atoms in total. The summed E-state index contributed by atoms with van der Waals surface area (Å²) in [6, 6.07) is 0.320. The molecule has 17 heavy (non-hydrogen) atoms. The van der Waals surface area contributed by atoms with Crippen molar-refractivity contribution >= 4 is 5.91 Å². The number of likely N-dealkylation sites (N-methyl/N-ethyl adjacent to an activating group) is 2. The molecule has 0 aromatic heterocycles. The molecular formula is C13H25N3O. The number of carbonyl (C=O) groups excluding carboxylic acids is 1. The molecule has 4 heteroatoms. The third-order valence-electron chi connectivity index (χ3n) is 3.04. The maximum absolute atomic E-state index is 11.7. The fourth-order valence-corrected chi connectivity index (χ4v) is 2.08. The van der Waals surface area contributed by atoms with Crippen molar-refractivity contribution in [1.29, 1.82) is 0 Å². The molecule has 0 bridgehead atoms. The van der Waals surface area contributed by atoms with Crippen molar-refractivity contribution in [2.24, 2.45) is 0 Å². The van der Waals surface area contributed by atoms with E-state index in [-0.39, 0.29) is 5.91 Å². The summed E-state index contributed by atoms with van der Waals surface area (Å²) in [5, 5.41) is 3.07. The lowest BCUT2D eigenvalue weighted by Gasteiger charge is -2.31. The van der Waals surface area contributed by atoms with E-state index in [0.717, 1.165) is 26.1 Å². The minimum Gasteiger partial charge on any atom is -0.349 e. The molecule has 0 aromatic rings. The minimum atomic E-state index is 0.0369. The number of piperidine rings is 1. The molecule has 1 rings (SSSR count). The number of likely N-dealkylation sites (tertiary alicyclic amines) is 1. The Labute approximate surface area is 105 Å². The lowest BCUT2D eigenvalue weighted by molar-refractivity contribution is -0.117. The summed E-state index contributed by atoms with van der Waals surface area (Å²) >= 11 is 0. The zero-order valence-corrected chi connectivity index (χ0v) is 11.3. The SMILES string of the molecule is CCN1CCC[C@@H](NC(=O)/C=C/CN(C)C)C1. The quantitative estimate of drug-likeness (QED) is 0.718. The smallest absolute Gasteiger partial charge is 0.243 e. The summed E-state index contributed by atoms with van der Waals surface area (Å²) in [5.74, 6) is 0.0369. The maximum atomic E-state index is 11.7. The van der Waals surface area contributed by atoms with Crippen molar-refractivity contribution in [3.63, 3.8) is 0 Å². The largest absolute Gasteiger partial charge is 0.349 e. The molecule has 1 amide bonds. The number of nitrogens with zero attached hydrogens (tertiary/aromatic N) is 2. The first kappa shape index (κ1) is 14.2. The number of nitrogens with one attached hydrogen (secondary N) is 1. The summed E-state index contributed by atoms with van der Waals surface area (Å²) in [7, 11) is 3.98. The first-order valence-corrected chi connectivity index (χ1v) is 6.46. The van der Waals surface area contributed by atoms with E-state index in [4.69, 9.17) is 0 Å². The van der Waals surface area contributed by atoms with Gasteiger partial charge in [-0.15, -0.1) is 0 Å². The Hall–Kier alpha value is -0.870. The van der Waals surface area contributed by atoms with Crippen molar-refractivity contribution in [3.05, 3.63) is 12.2 Å². The topological polar surface area (TPSA) is 35.6 Å². The molecule has 1 fully saturated rings. The van der Waals surface area contributed by atoms with Gasteiger partial charge in [0.1, 0.15) is 0 Å². The van der Waals surface area contributed by atoms with Crippen LogP contribution < -0.4 is 5.32 Å². The fraction of sp³-hybridized carbons (Fsp3) is 0.769. The van der Waals surface area contributed by atoms with Crippen molar-refractivity contribution in [2.45, 2.75) is 25.8 Å². The van der Waals surface area contributed by atoms with E-state index in [2.05, 4.69) is 17.1 Å². The van der Waals surface area contributed by atoms with E-state index in [1.807, 2.05) is 25.1 Å². The van der Waals surface area contributed by atoms with Gasteiger partial charge in [-0.05, 0) is 40.0 Å². The molecule has 1 atom stereocenters. The van der Waals surface area contributed by atoms with E-state index >= 15 is 0 Å². The van der Waals surface area contributed by atoms with Crippen LogP contribution in [0.1, 0.15) is 19.8 Å². The third kappa shape index (κ3) is 5.84. The lowest BCUT2D eigenvalue weighted by Crippen LogP contribution is -2.47. The van der Waals surface area contributed by atoms with Crippen molar-refractivity contribution in [3.8, 4) is 0 Å². The molecular weight excluding hydrogens is 214 g/mol. The van der Waals surface area contributed by atoms with E-state index in [9.17, 15) is 4.79 Å². The van der Waals surface area contributed by atoms with Crippen molar-refractivity contribution < 1.29 is 4.79 Å². The van der Waals surface area contributed by atoms with Crippen molar-refractivity contribution in [1.82, 2.24) is 15.1 Å². The molecule has 1 N–H and O–H groups in total. The minimum absolute atomic E-state index is 0.0369. The average Bonchev–Trinajstić information content (AvgIpc) is 2.28. The Morgan fingerprint density at radius 2 is 2.29 bits per heavy atom. The van der Waals surface area contributed by atoms with Crippen molar-refractivity contribution in [2.75, 3.05) is 40.3 Å². The van der Waals surface area contributed by atoms with Crippen LogP contribution >= 0.6 is 0 Å². The summed E-state index contributed by atoms with van der Waals surface area (Å²) in [6.07, 6.45) is 5.82. The third-order valence-corrected chi connectivity index (χ3v) is 3.04. The molecule has 1 heterocycles. The number of hydrogen-bond donors (Lipinski definition) is 1. The Kier molecular flexibility index (Phi) is 6.22. The molecule has 0 aliphatic carbocycles. The normalized spacial score (nSPS) is 22.2. The Morgan fingerprint density at radius 1 is 1.53 bits per heavy atom. The highest BCUT2D eigenvalue weighted by molar-refractivity contribution is 5.87. The highest BCUT2D eigenvalue weighted by Crippen LogP contribution is 2.09. The van der Waals surface area contributed by atoms with E-state index in [1.165, 1.54) is 13.0 Å². The molecule has 1 saturated heterocycles. The molecule has 98 valence electrons. The first-order chi connectivity index (χ1) is 8.11. The Bertz CT molecular complexity index is 263. The molecule has 0 radical (unpaired) electrons. The van der Waals surface area contributed by atoms with Crippen LogP contribution in [0.5, 0.6) is 0 Å². The monoisotopic (exact) mass is 239 g/mol. The molecule has 0 aromatic carbocycles. The molecule has 1 aliphatic heterocycles. The van der Waals surface area contributed by atoms with Gasteiger partial charge in [0.25, 0.3) is 0 Å². The fourth-order valence-electron chi connectivity index (χ4n) is 2.08. The van der Waals surface area contributed by atoms with Crippen LogP contribution in [0, 0.1) is 0 Å². The van der Waals surface area contributed by atoms with Gasteiger partial charge in [-0.2, -0.15) is 0 Å². The van der Waals surface area contributed by atoms with Gasteiger partial charge in [0, 0.05) is 25.2 Å². The number of amides is 1. The van der Waals surface area contributed by atoms with Crippen LogP contribution in [0.3, 0.4) is 0 Å². The summed E-state index contributed by atoms with van der Waals surface area (Å²) in [4.78, 5) is 16.1. The number of rotatable bonds is 5. The first-order valence-electron chi connectivity index (χ1n) is 6.46. The van der Waals surface area contributed by atoms with Crippen LogP contribution in [-0.2, 0) is 4.79 Å². The molecule has 0 saturated carbocycles. The van der Waals surface area contributed by atoms with Gasteiger partial charge >= 0.3 is 0 Å². The van der Waals surface area contributed by atoms with Gasteiger partial charge in [0.05, 0.1) is 0 Å². The van der Waals surface area contributed by atoms with E-state index < -0.39 is 0 Å². The van der Waals surface area contributed by atoms with Gasteiger partial charge in [-0.1, -0.05) is 13.0 Å². The maximum Gasteiger partial charge on any atom is 0.243 e. The second-order valence-corrected chi connectivity index (χ2v) is 4.91. The second kappa shape index (κ2) is 7.45. The predicted molar refractivity (Wildman–Crippen MR) is 71.0 cm³/mol. The zero-order valence-electron chi connectivity index (χ0n) is 11.3. The van der Waals surface area contributed by atoms with E-state index in [1.54, 1.807) is 6.08 Å². The highest BCUT2D eigenvalue weighted by Gasteiger charge is 2.19. The van der Waals surface area contributed by atoms with Gasteiger partial charge in [-0.3, -0.25) is 4.79 Å². The highest BCUT2D eigenvalue weighted by atomic mass is 16.1. The second-order valence-electron chi connectivity index (χ2n) is 4.91. The van der Waals surface area contributed by atoms with Crippen LogP contribution in [-0.4, -0.2) is 62.0 Å². The van der Waals surface area contributed by atoms with Crippen LogP contribution in [0.25, 0.3) is 0 Å². The van der Waals surface area contributed by atoms with Gasteiger partial charge in [0.2, 0.25) is 5.91 Å². The van der Waals surface area contributed by atoms with Crippen LogP contribution in [0.15, 0.2) is 12.2 Å². The molecule has 0 unspecified atom stereocenters. The Balaban J connectivity index is 2.28. The number of carbonyl (C=O) groups is 1. The van der Waals surface area contributed by atoms with Gasteiger partial charge in [-0.25, -0.2) is 0 Å². The average molecular weight is 239 g/mol. The Morgan fingerprint density at radius 3 is 2.94 bits per heavy atom. The standard InChI is InChI=1S/C13H25N3O/c1-4-16-10-5-7-12(11-16)14-13(17)8-6-9-15(2)3/h6,8,12H,4-5,7,9-11H2,1-3H3,(H,14,17)/b8-6+/t12-/m1/s1. The van der Waals surface area contributed by atoms with Crippen LogP contribution in [0.2, 0.25) is 0 Å². The van der Waals surface area contributed by atoms with Gasteiger partial charge < -0.3 is 15.1 Å². The van der Waals surface area contributed by atoms with E-state index in [0.29, 0.717) is 6.04 Å². The summed E-state index contributed by atoms with van der Waals surface area (Å²) < 4.78 is 0.